The number of amides is 1. The van der Waals surface area contributed by atoms with E-state index in [1.54, 1.807) is 25.1 Å². The summed E-state index contributed by atoms with van der Waals surface area (Å²) in [5.41, 5.74) is 7.42. The summed E-state index contributed by atoms with van der Waals surface area (Å²) in [5.74, 6) is -0.914. The van der Waals surface area contributed by atoms with Crippen LogP contribution in [0.3, 0.4) is 0 Å². The van der Waals surface area contributed by atoms with E-state index in [2.05, 4.69) is 5.32 Å². The molecule has 6 heteroatoms. The number of carbonyl (C=O) groups excluding carboxylic acids is 2. The summed E-state index contributed by atoms with van der Waals surface area (Å²) in [4.78, 5) is 23.0. The lowest BCUT2D eigenvalue weighted by molar-refractivity contribution is -0.124. The zero-order valence-electron chi connectivity index (χ0n) is 11.1. The van der Waals surface area contributed by atoms with Crippen molar-refractivity contribution in [3.63, 3.8) is 0 Å². The molecule has 0 aliphatic rings. The third kappa shape index (κ3) is 4.97. The van der Waals surface area contributed by atoms with E-state index in [1.165, 1.54) is 7.11 Å². The fourth-order valence-corrected chi connectivity index (χ4v) is 1.36. The Balaban J connectivity index is 2.42. The van der Waals surface area contributed by atoms with E-state index < -0.39 is 5.97 Å². The van der Waals surface area contributed by atoms with Crippen molar-refractivity contribution in [2.75, 3.05) is 32.6 Å². The van der Waals surface area contributed by atoms with Gasteiger partial charge in [0.1, 0.15) is 0 Å². The third-order valence-electron chi connectivity index (χ3n) is 2.47. The van der Waals surface area contributed by atoms with Gasteiger partial charge in [-0.25, -0.2) is 4.79 Å². The number of benzene rings is 1. The minimum Gasteiger partial charge on any atom is -0.452 e. The van der Waals surface area contributed by atoms with Crippen LogP contribution in [0.15, 0.2) is 18.2 Å². The molecule has 19 heavy (non-hydrogen) atoms. The predicted octanol–water partition coefficient (Wildman–Crippen LogP) is 0.497. The molecule has 104 valence electrons. The van der Waals surface area contributed by atoms with Crippen LogP contribution in [-0.4, -0.2) is 38.7 Å². The normalized spacial score (nSPS) is 10.0. The van der Waals surface area contributed by atoms with Crippen LogP contribution in [0, 0.1) is 6.92 Å². The number of aryl methyl sites for hydroxylation is 1. The molecule has 0 aliphatic heterocycles. The molecule has 0 aliphatic carbocycles. The molecule has 0 saturated carbocycles. The van der Waals surface area contributed by atoms with E-state index in [9.17, 15) is 9.59 Å². The van der Waals surface area contributed by atoms with Gasteiger partial charge in [-0.2, -0.15) is 0 Å². The fraction of sp³-hybridized carbons (Fsp3) is 0.385. The lowest BCUT2D eigenvalue weighted by Crippen LogP contribution is -2.31. The molecule has 1 rings (SSSR count). The van der Waals surface area contributed by atoms with Crippen LogP contribution in [0.25, 0.3) is 0 Å². The molecule has 0 spiro atoms. The standard InChI is InChI=1S/C13H18N2O4/c1-9-7-10(3-4-11(9)14)13(17)19-8-12(16)15-5-6-18-2/h3-4,7H,5-6,8,14H2,1-2H3,(H,15,16). The average molecular weight is 266 g/mol. The van der Waals surface area contributed by atoms with Crippen molar-refractivity contribution in [3.8, 4) is 0 Å². The van der Waals surface area contributed by atoms with Gasteiger partial charge in [0.2, 0.25) is 0 Å². The number of nitrogens with one attached hydrogen (secondary N) is 1. The quantitative estimate of drug-likeness (QED) is 0.444. The summed E-state index contributed by atoms with van der Waals surface area (Å²) >= 11 is 0. The van der Waals surface area contributed by atoms with Crippen molar-refractivity contribution in [2.45, 2.75) is 6.92 Å². The van der Waals surface area contributed by atoms with Crippen molar-refractivity contribution < 1.29 is 19.1 Å². The molecule has 0 unspecified atom stereocenters. The summed E-state index contributed by atoms with van der Waals surface area (Å²) in [7, 11) is 1.54. The summed E-state index contributed by atoms with van der Waals surface area (Å²) in [6.07, 6.45) is 0. The van der Waals surface area contributed by atoms with Gasteiger partial charge in [-0.05, 0) is 30.7 Å². The lowest BCUT2D eigenvalue weighted by Gasteiger charge is -2.07. The number of carbonyl (C=O) groups is 2. The maximum atomic E-state index is 11.7. The van der Waals surface area contributed by atoms with Crippen molar-refractivity contribution >= 4 is 17.6 Å². The van der Waals surface area contributed by atoms with Crippen molar-refractivity contribution in [3.05, 3.63) is 29.3 Å². The Labute approximate surface area is 111 Å². The van der Waals surface area contributed by atoms with Crippen LogP contribution in [0.1, 0.15) is 15.9 Å². The Bertz CT molecular complexity index is 460. The Morgan fingerprint density at radius 1 is 1.37 bits per heavy atom. The Kier molecular flexibility index (Phi) is 5.81. The molecule has 3 N–H and O–H groups in total. The summed E-state index contributed by atoms with van der Waals surface area (Å²) in [6.45, 7) is 2.28. The van der Waals surface area contributed by atoms with Crippen LogP contribution >= 0.6 is 0 Å². The molecule has 1 aromatic rings. The first-order valence-electron chi connectivity index (χ1n) is 5.83. The molecule has 0 bridgehead atoms. The minimum atomic E-state index is -0.551. The Morgan fingerprint density at radius 3 is 2.74 bits per heavy atom. The highest BCUT2D eigenvalue weighted by molar-refractivity contribution is 5.92. The molecular formula is C13H18N2O4. The van der Waals surface area contributed by atoms with Crippen molar-refractivity contribution in [1.29, 1.82) is 0 Å². The minimum absolute atomic E-state index is 0.314. The number of nitrogen functional groups attached to an aromatic ring is 1. The predicted molar refractivity (Wildman–Crippen MR) is 70.8 cm³/mol. The van der Waals surface area contributed by atoms with Gasteiger partial charge in [0.05, 0.1) is 12.2 Å². The summed E-state index contributed by atoms with van der Waals surface area (Å²) < 4.78 is 9.66. The number of ether oxygens (including phenoxy) is 2. The zero-order valence-corrected chi connectivity index (χ0v) is 11.1. The molecule has 0 radical (unpaired) electrons. The van der Waals surface area contributed by atoms with Gasteiger partial charge < -0.3 is 20.5 Å². The molecule has 1 aromatic carbocycles. The SMILES string of the molecule is COCCNC(=O)COC(=O)c1ccc(N)c(C)c1. The van der Waals surface area contributed by atoms with Crippen LogP contribution in [-0.2, 0) is 14.3 Å². The second kappa shape index (κ2) is 7.38. The Morgan fingerprint density at radius 2 is 2.11 bits per heavy atom. The van der Waals surface area contributed by atoms with Crippen molar-refractivity contribution in [1.82, 2.24) is 5.32 Å². The molecule has 6 nitrogen and oxygen atoms in total. The molecule has 1 amide bonds. The topological polar surface area (TPSA) is 90.6 Å². The maximum Gasteiger partial charge on any atom is 0.338 e. The second-order valence-corrected chi connectivity index (χ2v) is 3.99. The lowest BCUT2D eigenvalue weighted by atomic mass is 10.1. The zero-order chi connectivity index (χ0) is 14.3. The third-order valence-corrected chi connectivity index (χ3v) is 2.47. The van der Waals surface area contributed by atoms with Crippen LogP contribution in [0.5, 0.6) is 0 Å². The van der Waals surface area contributed by atoms with E-state index in [4.69, 9.17) is 15.2 Å². The van der Waals surface area contributed by atoms with E-state index in [0.717, 1.165) is 5.56 Å². The first-order chi connectivity index (χ1) is 9.04. The monoisotopic (exact) mass is 266 g/mol. The van der Waals surface area contributed by atoms with Crippen LogP contribution in [0.2, 0.25) is 0 Å². The van der Waals surface area contributed by atoms with Gasteiger partial charge in [-0.1, -0.05) is 0 Å². The molecule has 0 atom stereocenters. The van der Waals surface area contributed by atoms with E-state index in [1.807, 2.05) is 0 Å². The van der Waals surface area contributed by atoms with E-state index in [0.29, 0.717) is 24.4 Å². The number of esters is 1. The van der Waals surface area contributed by atoms with Gasteiger partial charge in [0.25, 0.3) is 5.91 Å². The van der Waals surface area contributed by atoms with E-state index in [-0.39, 0.29) is 12.5 Å². The van der Waals surface area contributed by atoms with E-state index >= 15 is 0 Å². The van der Waals surface area contributed by atoms with Crippen molar-refractivity contribution in [2.24, 2.45) is 0 Å². The van der Waals surface area contributed by atoms with Gasteiger partial charge in [-0.3, -0.25) is 4.79 Å². The van der Waals surface area contributed by atoms with Crippen LogP contribution < -0.4 is 11.1 Å². The molecule has 0 fully saturated rings. The number of methoxy groups -OCH3 is 1. The maximum absolute atomic E-state index is 11.7. The highest BCUT2D eigenvalue weighted by atomic mass is 16.5. The van der Waals surface area contributed by atoms with Gasteiger partial charge >= 0.3 is 5.97 Å². The molecular weight excluding hydrogens is 248 g/mol. The van der Waals surface area contributed by atoms with Gasteiger partial charge in [-0.15, -0.1) is 0 Å². The smallest absolute Gasteiger partial charge is 0.338 e. The largest absolute Gasteiger partial charge is 0.452 e. The molecule has 0 heterocycles. The Hall–Kier alpha value is -2.08. The number of anilines is 1. The summed E-state index contributed by atoms with van der Waals surface area (Å²) in [5, 5.41) is 2.55. The first-order valence-corrected chi connectivity index (χ1v) is 5.83. The van der Waals surface area contributed by atoms with Crippen LogP contribution in [0.4, 0.5) is 5.69 Å². The highest BCUT2D eigenvalue weighted by Crippen LogP contribution is 2.13. The number of hydrogen-bond acceptors (Lipinski definition) is 5. The summed E-state index contributed by atoms with van der Waals surface area (Å²) in [6, 6.07) is 4.82. The number of hydrogen-bond donors (Lipinski definition) is 2. The first kappa shape index (κ1) is 15.0. The fourth-order valence-electron chi connectivity index (χ4n) is 1.36. The highest BCUT2D eigenvalue weighted by Gasteiger charge is 2.10. The second-order valence-electron chi connectivity index (χ2n) is 3.99. The molecule has 0 saturated heterocycles. The molecule has 0 aromatic heterocycles. The number of rotatable bonds is 6. The van der Waals surface area contributed by atoms with Gasteiger partial charge in [0.15, 0.2) is 6.61 Å². The van der Waals surface area contributed by atoms with Gasteiger partial charge in [0, 0.05) is 19.3 Å². The average Bonchev–Trinajstić information content (AvgIpc) is 2.39. The number of nitrogens with two attached hydrogens (primary N) is 1.